The van der Waals surface area contributed by atoms with Gasteiger partial charge in [-0.1, -0.05) is 17.7 Å². The summed E-state index contributed by atoms with van der Waals surface area (Å²) in [5.74, 6) is 0. The van der Waals surface area contributed by atoms with Crippen LogP contribution in [0.25, 0.3) is 0 Å². The van der Waals surface area contributed by atoms with E-state index in [0.717, 1.165) is 18.0 Å². The van der Waals surface area contributed by atoms with Gasteiger partial charge < -0.3 is 11.1 Å². The molecule has 1 heterocycles. The number of fused-ring (bicyclic) bond motifs is 2. The van der Waals surface area contributed by atoms with Crippen LogP contribution in [0.2, 0.25) is 5.02 Å². The van der Waals surface area contributed by atoms with Crippen LogP contribution in [0, 0.1) is 0 Å². The molecule has 2 atom stereocenters. The SMILES string of the molecule is NC1CC12CNc1cccc(Cl)c12. The van der Waals surface area contributed by atoms with Gasteiger partial charge in [0.25, 0.3) is 0 Å². The van der Waals surface area contributed by atoms with Gasteiger partial charge in [0.15, 0.2) is 0 Å². The molecule has 1 aromatic carbocycles. The maximum absolute atomic E-state index is 6.16. The minimum absolute atomic E-state index is 0.160. The number of anilines is 1. The summed E-state index contributed by atoms with van der Waals surface area (Å²) < 4.78 is 0. The van der Waals surface area contributed by atoms with Gasteiger partial charge in [0.05, 0.1) is 0 Å². The molecule has 3 heteroatoms. The van der Waals surface area contributed by atoms with Gasteiger partial charge in [0, 0.05) is 34.3 Å². The zero-order chi connectivity index (χ0) is 9.05. The van der Waals surface area contributed by atoms with E-state index in [2.05, 4.69) is 11.4 Å². The zero-order valence-corrected chi connectivity index (χ0v) is 7.93. The van der Waals surface area contributed by atoms with Crippen LogP contribution in [0.5, 0.6) is 0 Å². The van der Waals surface area contributed by atoms with Crippen molar-refractivity contribution in [1.29, 1.82) is 0 Å². The van der Waals surface area contributed by atoms with Crippen molar-refractivity contribution in [3.63, 3.8) is 0 Å². The van der Waals surface area contributed by atoms with Crippen molar-refractivity contribution in [2.24, 2.45) is 5.73 Å². The Morgan fingerprint density at radius 2 is 2.31 bits per heavy atom. The maximum Gasteiger partial charge on any atom is 0.0465 e. The van der Waals surface area contributed by atoms with Gasteiger partial charge in [-0.2, -0.15) is 0 Å². The molecule has 0 amide bonds. The predicted octanol–water partition coefficient (Wildman–Crippen LogP) is 1.73. The fourth-order valence-corrected chi connectivity index (χ4v) is 2.71. The summed E-state index contributed by atoms with van der Waals surface area (Å²) in [4.78, 5) is 0. The molecule has 13 heavy (non-hydrogen) atoms. The van der Waals surface area contributed by atoms with Gasteiger partial charge in [-0.15, -0.1) is 0 Å². The summed E-state index contributed by atoms with van der Waals surface area (Å²) in [7, 11) is 0. The molecule has 1 fully saturated rings. The number of hydrogen-bond acceptors (Lipinski definition) is 2. The molecule has 0 radical (unpaired) electrons. The fraction of sp³-hybridized carbons (Fsp3) is 0.400. The number of hydrogen-bond donors (Lipinski definition) is 2. The van der Waals surface area contributed by atoms with Crippen LogP contribution in [0.4, 0.5) is 5.69 Å². The first kappa shape index (κ1) is 7.65. The molecule has 2 nitrogen and oxygen atoms in total. The van der Waals surface area contributed by atoms with Gasteiger partial charge in [0.2, 0.25) is 0 Å². The topological polar surface area (TPSA) is 38.0 Å². The summed E-state index contributed by atoms with van der Waals surface area (Å²) >= 11 is 6.16. The van der Waals surface area contributed by atoms with E-state index in [0.29, 0.717) is 6.04 Å². The van der Waals surface area contributed by atoms with Crippen molar-refractivity contribution in [3.05, 3.63) is 28.8 Å². The lowest BCUT2D eigenvalue weighted by Gasteiger charge is -2.08. The maximum atomic E-state index is 6.16. The minimum atomic E-state index is 0.160. The Balaban J connectivity index is 2.21. The van der Waals surface area contributed by atoms with Crippen molar-refractivity contribution >= 4 is 17.3 Å². The van der Waals surface area contributed by atoms with Crippen molar-refractivity contribution < 1.29 is 0 Å². The Labute approximate surface area is 82.1 Å². The van der Waals surface area contributed by atoms with E-state index in [1.165, 1.54) is 11.3 Å². The van der Waals surface area contributed by atoms with E-state index in [1.54, 1.807) is 0 Å². The van der Waals surface area contributed by atoms with Crippen molar-refractivity contribution in [3.8, 4) is 0 Å². The quantitative estimate of drug-likeness (QED) is 0.660. The first-order chi connectivity index (χ1) is 6.24. The molecule has 0 aromatic heterocycles. The smallest absolute Gasteiger partial charge is 0.0465 e. The third kappa shape index (κ3) is 0.825. The third-order valence-electron chi connectivity index (χ3n) is 3.24. The lowest BCUT2D eigenvalue weighted by molar-refractivity contribution is 0.734. The molecule has 0 bridgehead atoms. The van der Waals surface area contributed by atoms with E-state index in [-0.39, 0.29) is 5.41 Å². The number of nitrogens with two attached hydrogens (primary N) is 1. The van der Waals surface area contributed by atoms with Crippen LogP contribution >= 0.6 is 11.6 Å². The molecule has 68 valence electrons. The molecule has 2 aliphatic rings. The zero-order valence-electron chi connectivity index (χ0n) is 7.18. The van der Waals surface area contributed by atoms with Gasteiger partial charge in [-0.3, -0.25) is 0 Å². The first-order valence-electron chi connectivity index (χ1n) is 4.52. The average Bonchev–Trinajstić information content (AvgIpc) is 2.58. The van der Waals surface area contributed by atoms with Crippen LogP contribution in [-0.2, 0) is 5.41 Å². The van der Waals surface area contributed by atoms with Crippen LogP contribution in [-0.4, -0.2) is 12.6 Å². The van der Waals surface area contributed by atoms with Crippen molar-refractivity contribution in [2.45, 2.75) is 17.9 Å². The summed E-state index contributed by atoms with van der Waals surface area (Å²) in [5, 5.41) is 4.22. The second-order valence-electron chi connectivity index (χ2n) is 3.98. The van der Waals surface area contributed by atoms with E-state index in [9.17, 15) is 0 Å². The lowest BCUT2D eigenvalue weighted by Crippen LogP contribution is -2.20. The Morgan fingerprint density at radius 1 is 1.54 bits per heavy atom. The van der Waals surface area contributed by atoms with Gasteiger partial charge in [0.1, 0.15) is 0 Å². The third-order valence-corrected chi connectivity index (χ3v) is 3.55. The lowest BCUT2D eigenvalue weighted by atomic mass is 9.97. The molecule has 0 saturated heterocycles. The summed E-state index contributed by atoms with van der Waals surface area (Å²) in [6, 6.07) is 6.28. The molecular weight excluding hydrogens is 184 g/mol. The highest BCUT2D eigenvalue weighted by molar-refractivity contribution is 6.32. The van der Waals surface area contributed by atoms with Crippen molar-refractivity contribution in [2.75, 3.05) is 11.9 Å². The van der Waals surface area contributed by atoms with Gasteiger partial charge in [-0.05, 0) is 18.6 Å². The Bertz CT molecular complexity index is 377. The Kier molecular flexibility index (Phi) is 1.29. The predicted molar refractivity (Wildman–Crippen MR) is 54.2 cm³/mol. The number of rotatable bonds is 0. The first-order valence-corrected chi connectivity index (χ1v) is 4.90. The number of benzene rings is 1. The number of nitrogens with one attached hydrogen (secondary N) is 1. The second kappa shape index (κ2) is 2.20. The normalized spacial score (nSPS) is 34.5. The molecule has 2 unspecified atom stereocenters. The van der Waals surface area contributed by atoms with E-state index in [1.807, 2.05) is 12.1 Å². The molecule has 3 N–H and O–H groups in total. The highest BCUT2D eigenvalue weighted by Gasteiger charge is 2.57. The Hall–Kier alpha value is -0.730. The number of halogens is 1. The fourth-order valence-electron chi connectivity index (χ4n) is 2.34. The van der Waals surface area contributed by atoms with E-state index in [4.69, 9.17) is 17.3 Å². The minimum Gasteiger partial charge on any atom is -0.384 e. The second-order valence-corrected chi connectivity index (χ2v) is 4.39. The summed E-state index contributed by atoms with van der Waals surface area (Å²) in [5.41, 5.74) is 8.52. The average molecular weight is 195 g/mol. The molecule has 1 aliphatic heterocycles. The van der Waals surface area contributed by atoms with Crippen LogP contribution in [0.1, 0.15) is 12.0 Å². The molecule has 3 rings (SSSR count). The molecule has 1 aliphatic carbocycles. The highest BCUT2D eigenvalue weighted by atomic mass is 35.5. The van der Waals surface area contributed by atoms with E-state index < -0.39 is 0 Å². The van der Waals surface area contributed by atoms with Crippen LogP contribution in [0.3, 0.4) is 0 Å². The van der Waals surface area contributed by atoms with Crippen molar-refractivity contribution in [1.82, 2.24) is 0 Å². The molecule has 1 saturated carbocycles. The summed E-state index contributed by atoms with van der Waals surface area (Å²) in [6.07, 6.45) is 1.07. The molecule has 1 spiro atoms. The Morgan fingerprint density at radius 3 is 3.00 bits per heavy atom. The van der Waals surface area contributed by atoms with E-state index >= 15 is 0 Å². The molecular formula is C10H11ClN2. The van der Waals surface area contributed by atoms with Crippen LogP contribution in [0.15, 0.2) is 18.2 Å². The standard InChI is InChI=1S/C10H11ClN2/c11-6-2-1-3-7-9(6)10(5-13-7)4-8(10)12/h1-3,8,13H,4-5,12H2. The largest absolute Gasteiger partial charge is 0.384 e. The highest BCUT2D eigenvalue weighted by Crippen LogP contribution is 2.55. The molecule has 1 aromatic rings. The van der Waals surface area contributed by atoms with Gasteiger partial charge >= 0.3 is 0 Å². The van der Waals surface area contributed by atoms with Crippen LogP contribution < -0.4 is 11.1 Å². The summed E-state index contributed by atoms with van der Waals surface area (Å²) in [6.45, 7) is 0.952. The monoisotopic (exact) mass is 194 g/mol. The van der Waals surface area contributed by atoms with Gasteiger partial charge in [-0.25, -0.2) is 0 Å².